The molecule has 11 heteroatoms. The lowest BCUT2D eigenvalue weighted by Crippen LogP contribution is -2.45. The van der Waals surface area contributed by atoms with Crippen LogP contribution in [0.15, 0.2) is 28.8 Å². The first-order chi connectivity index (χ1) is 16.3. The Kier molecular flexibility index (Phi) is 7.20. The monoisotopic (exact) mass is 489 g/mol. The highest BCUT2D eigenvalue weighted by Gasteiger charge is 2.38. The van der Waals surface area contributed by atoms with Gasteiger partial charge in [-0.05, 0) is 43.5 Å². The van der Waals surface area contributed by atoms with Crippen molar-refractivity contribution < 1.29 is 22.5 Å². The maximum absolute atomic E-state index is 12.4. The number of carbonyl (C=O) groups excluding carboxylic acids is 2. The average Bonchev–Trinajstić information content (AvgIpc) is 3.33. The third kappa shape index (κ3) is 5.57. The summed E-state index contributed by atoms with van der Waals surface area (Å²) in [7, 11) is -3.24. The Bertz CT molecular complexity index is 1120. The Morgan fingerprint density at radius 3 is 2.41 bits per heavy atom. The number of aromatic nitrogens is 2. The minimum absolute atomic E-state index is 0.124. The second kappa shape index (κ2) is 10.1. The van der Waals surface area contributed by atoms with E-state index in [4.69, 9.17) is 4.52 Å². The molecular weight excluding hydrogens is 458 g/mol. The number of carbonyl (C=O) groups is 2. The standard InChI is InChI=1S/C23H31N5O5S/c1-17(29)26-23(13-4-2-3-5-14-23)22-25-21(33-27-22)12-11-20(30)24-18-7-9-19(10-8-18)28-15-6-16-34(28,31)32/h7-10H,2-6,11-16H2,1H3,(H,24,30)(H,26,29). The van der Waals surface area contributed by atoms with Crippen LogP contribution >= 0.6 is 0 Å². The van der Waals surface area contributed by atoms with Gasteiger partial charge in [-0.3, -0.25) is 13.9 Å². The summed E-state index contributed by atoms with van der Waals surface area (Å²) in [5.74, 6) is 0.656. The Balaban J connectivity index is 1.34. The van der Waals surface area contributed by atoms with Crippen molar-refractivity contribution in [2.75, 3.05) is 21.9 Å². The molecule has 1 aromatic carbocycles. The van der Waals surface area contributed by atoms with Gasteiger partial charge in [0.25, 0.3) is 0 Å². The second-order valence-electron chi connectivity index (χ2n) is 9.03. The highest BCUT2D eigenvalue weighted by atomic mass is 32.2. The van der Waals surface area contributed by atoms with Crippen LogP contribution in [0.4, 0.5) is 11.4 Å². The van der Waals surface area contributed by atoms with Gasteiger partial charge in [0, 0.05) is 32.0 Å². The molecule has 2 fully saturated rings. The SMILES string of the molecule is CC(=O)NC1(c2noc(CCC(=O)Nc3ccc(N4CCCS4(=O)=O)cc3)n2)CCCCCC1. The number of hydrogen-bond donors (Lipinski definition) is 2. The number of nitrogens with zero attached hydrogens (tertiary/aromatic N) is 3. The van der Waals surface area contributed by atoms with Gasteiger partial charge in [-0.15, -0.1) is 0 Å². The van der Waals surface area contributed by atoms with Gasteiger partial charge in [0.1, 0.15) is 5.54 Å². The van der Waals surface area contributed by atoms with E-state index in [9.17, 15) is 18.0 Å². The first-order valence-electron chi connectivity index (χ1n) is 11.8. The van der Waals surface area contributed by atoms with E-state index in [1.165, 1.54) is 11.2 Å². The van der Waals surface area contributed by atoms with Crippen molar-refractivity contribution in [3.05, 3.63) is 36.0 Å². The van der Waals surface area contributed by atoms with Crippen molar-refractivity contribution in [2.45, 2.75) is 70.3 Å². The van der Waals surface area contributed by atoms with Crippen LogP contribution in [-0.2, 0) is 31.6 Å². The summed E-state index contributed by atoms with van der Waals surface area (Å²) < 4.78 is 30.9. The number of benzene rings is 1. The molecule has 10 nitrogen and oxygen atoms in total. The molecular formula is C23H31N5O5S. The van der Waals surface area contributed by atoms with Crippen LogP contribution in [0.25, 0.3) is 0 Å². The number of hydrogen-bond acceptors (Lipinski definition) is 7. The van der Waals surface area contributed by atoms with Crippen LogP contribution in [-0.4, -0.2) is 42.7 Å². The van der Waals surface area contributed by atoms with Gasteiger partial charge >= 0.3 is 0 Å². The summed E-state index contributed by atoms with van der Waals surface area (Å²) in [6, 6.07) is 6.76. The molecule has 0 bridgehead atoms. The number of aryl methyl sites for hydroxylation is 1. The van der Waals surface area contributed by atoms with Gasteiger partial charge in [0.05, 0.1) is 11.4 Å². The highest BCUT2D eigenvalue weighted by molar-refractivity contribution is 7.93. The summed E-state index contributed by atoms with van der Waals surface area (Å²) >= 11 is 0. The highest BCUT2D eigenvalue weighted by Crippen LogP contribution is 2.34. The Labute approximate surface area is 199 Å². The molecule has 2 amide bonds. The fourth-order valence-electron chi connectivity index (χ4n) is 4.71. The maximum Gasteiger partial charge on any atom is 0.235 e. The number of sulfonamides is 1. The van der Waals surface area contributed by atoms with Gasteiger partial charge in [0.2, 0.25) is 27.7 Å². The first kappa shape index (κ1) is 24.2. The number of rotatable bonds is 7. The molecule has 0 spiro atoms. The minimum atomic E-state index is -3.24. The molecule has 0 atom stereocenters. The van der Waals surface area contributed by atoms with Crippen molar-refractivity contribution in [1.82, 2.24) is 15.5 Å². The van der Waals surface area contributed by atoms with Crippen molar-refractivity contribution >= 4 is 33.2 Å². The van der Waals surface area contributed by atoms with E-state index in [0.29, 0.717) is 36.1 Å². The Morgan fingerprint density at radius 2 is 1.79 bits per heavy atom. The predicted octanol–water partition coefficient (Wildman–Crippen LogP) is 2.87. The smallest absolute Gasteiger partial charge is 0.235 e. The summed E-state index contributed by atoms with van der Waals surface area (Å²) in [6.45, 7) is 1.97. The van der Waals surface area contributed by atoms with E-state index in [0.717, 1.165) is 38.5 Å². The summed E-state index contributed by atoms with van der Waals surface area (Å²) in [6.07, 6.45) is 6.76. The van der Waals surface area contributed by atoms with E-state index in [1.807, 2.05) is 0 Å². The molecule has 1 saturated carbocycles. The molecule has 0 radical (unpaired) electrons. The first-order valence-corrected chi connectivity index (χ1v) is 13.4. The van der Waals surface area contributed by atoms with E-state index in [-0.39, 0.29) is 30.4 Å². The molecule has 1 aliphatic carbocycles. The molecule has 2 heterocycles. The van der Waals surface area contributed by atoms with Crippen LogP contribution in [0.5, 0.6) is 0 Å². The molecule has 34 heavy (non-hydrogen) atoms. The van der Waals surface area contributed by atoms with Crippen LogP contribution in [0.1, 0.15) is 70.0 Å². The normalized spacial score (nSPS) is 19.4. The van der Waals surface area contributed by atoms with Crippen LogP contribution in [0, 0.1) is 0 Å². The predicted molar refractivity (Wildman–Crippen MR) is 127 cm³/mol. The van der Waals surface area contributed by atoms with E-state index >= 15 is 0 Å². The van der Waals surface area contributed by atoms with Crippen LogP contribution < -0.4 is 14.9 Å². The Hall–Kier alpha value is -2.95. The number of nitrogens with one attached hydrogen (secondary N) is 2. The molecule has 2 aliphatic rings. The molecule has 0 unspecified atom stereocenters. The fourth-order valence-corrected chi connectivity index (χ4v) is 6.27. The maximum atomic E-state index is 12.4. The van der Waals surface area contributed by atoms with Gasteiger partial charge in [-0.2, -0.15) is 4.98 Å². The van der Waals surface area contributed by atoms with Crippen LogP contribution in [0.3, 0.4) is 0 Å². The van der Waals surface area contributed by atoms with Crippen molar-refractivity contribution in [1.29, 1.82) is 0 Å². The number of amides is 2. The van der Waals surface area contributed by atoms with Gasteiger partial charge in [0.15, 0.2) is 5.82 Å². The van der Waals surface area contributed by atoms with Crippen molar-refractivity contribution in [3.63, 3.8) is 0 Å². The lowest BCUT2D eigenvalue weighted by atomic mass is 9.89. The molecule has 1 aromatic heterocycles. The molecule has 2 N–H and O–H groups in total. The average molecular weight is 490 g/mol. The van der Waals surface area contributed by atoms with Crippen molar-refractivity contribution in [2.24, 2.45) is 0 Å². The quantitative estimate of drug-likeness (QED) is 0.571. The lowest BCUT2D eigenvalue weighted by Gasteiger charge is -2.30. The van der Waals surface area contributed by atoms with Gasteiger partial charge in [-0.25, -0.2) is 8.42 Å². The van der Waals surface area contributed by atoms with Gasteiger partial charge in [-0.1, -0.05) is 30.8 Å². The van der Waals surface area contributed by atoms with E-state index in [1.54, 1.807) is 24.3 Å². The molecule has 184 valence electrons. The minimum Gasteiger partial charge on any atom is -0.343 e. The largest absolute Gasteiger partial charge is 0.343 e. The van der Waals surface area contributed by atoms with E-state index in [2.05, 4.69) is 20.8 Å². The Morgan fingerprint density at radius 1 is 1.09 bits per heavy atom. The molecule has 1 aliphatic heterocycles. The zero-order valence-electron chi connectivity index (χ0n) is 19.4. The zero-order valence-corrected chi connectivity index (χ0v) is 20.2. The van der Waals surface area contributed by atoms with Crippen LogP contribution in [0.2, 0.25) is 0 Å². The van der Waals surface area contributed by atoms with Crippen molar-refractivity contribution in [3.8, 4) is 0 Å². The second-order valence-corrected chi connectivity index (χ2v) is 11.0. The fraction of sp³-hybridized carbons (Fsp3) is 0.565. The third-order valence-corrected chi connectivity index (χ3v) is 8.24. The van der Waals surface area contributed by atoms with E-state index < -0.39 is 15.6 Å². The molecule has 2 aromatic rings. The molecule has 4 rings (SSSR count). The van der Waals surface area contributed by atoms with Gasteiger partial charge < -0.3 is 15.2 Å². The number of anilines is 2. The summed E-state index contributed by atoms with van der Waals surface area (Å²) in [5.41, 5.74) is 0.566. The third-order valence-electron chi connectivity index (χ3n) is 6.37. The summed E-state index contributed by atoms with van der Waals surface area (Å²) in [5, 5.41) is 10.00. The topological polar surface area (TPSA) is 134 Å². The summed E-state index contributed by atoms with van der Waals surface area (Å²) in [4.78, 5) is 28.8. The molecule has 1 saturated heterocycles. The zero-order chi connectivity index (χ0) is 24.2. The lowest BCUT2D eigenvalue weighted by molar-refractivity contribution is -0.121.